The van der Waals surface area contributed by atoms with Crippen LogP contribution < -0.4 is 10.6 Å². The van der Waals surface area contributed by atoms with Gasteiger partial charge in [0, 0.05) is 25.9 Å². The highest BCUT2D eigenvalue weighted by Crippen LogP contribution is 2.09. The fraction of sp³-hybridized carbons (Fsp3) is 0.200. The number of rotatable bonds is 5. The lowest BCUT2D eigenvalue weighted by Crippen LogP contribution is -2.39. The van der Waals surface area contributed by atoms with Crippen LogP contribution in [0.5, 0.6) is 0 Å². The van der Waals surface area contributed by atoms with Gasteiger partial charge in [0.2, 0.25) is 11.8 Å². The van der Waals surface area contributed by atoms with Crippen LogP contribution in [0.15, 0.2) is 48.9 Å². The predicted octanol–water partition coefficient (Wildman–Crippen LogP) is 0.970. The summed E-state index contributed by atoms with van der Waals surface area (Å²) in [7, 11) is 0. The van der Waals surface area contributed by atoms with Crippen LogP contribution in [0.25, 0.3) is 0 Å². The number of carbonyl (C=O) groups is 2. The first-order chi connectivity index (χ1) is 10.2. The lowest BCUT2D eigenvalue weighted by atomic mass is 10.1. The van der Waals surface area contributed by atoms with Crippen molar-refractivity contribution in [2.75, 3.05) is 0 Å². The van der Waals surface area contributed by atoms with Crippen molar-refractivity contribution in [3.8, 4) is 0 Å². The van der Waals surface area contributed by atoms with Gasteiger partial charge in [0.05, 0.1) is 11.9 Å². The molecule has 108 valence electrons. The summed E-state index contributed by atoms with van der Waals surface area (Å²) in [6.45, 7) is 1.74. The Kier molecular flexibility index (Phi) is 4.98. The van der Waals surface area contributed by atoms with Gasteiger partial charge in [-0.05, 0) is 5.56 Å². The van der Waals surface area contributed by atoms with Crippen molar-refractivity contribution < 1.29 is 9.59 Å². The zero-order chi connectivity index (χ0) is 15.1. The molecule has 0 saturated heterocycles. The normalized spacial score (nSPS) is 11.5. The minimum atomic E-state index is -0.847. The molecule has 1 atom stereocenters. The van der Waals surface area contributed by atoms with Gasteiger partial charge in [-0.1, -0.05) is 30.3 Å². The van der Waals surface area contributed by atoms with Crippen molar-refractivity contribution in [2.45, 2.75) is 19.5 Å². The van der Waals surface area contributed by atoms with Crippen LogP contribution in [-0.4, -0.2) is 21.8 Å². The van der Waals surface area contributed by atoms with Crippen molar-refractivity contribution in [1.82, 2.24) is 20.6 Å². The molecule has 1 aromatic carbocycles. The van der Waals surface area contributed by atoms with E-state index in [9.17, 15) is 9.59 Å². The number of benzene rings is 1. The summed E-state index contributed by atoms with van der Waals surface area (Å²) in [6, 6.07) is 8.68. The van der Waals surface area contributed by atoms with Crippen LogP contribution in [-0.2, 0) is 16.1 Å². The van der Waals surface area contributed by atoms with Crippen LogP contribution in [0.3, 0.4) is 0 Å². The third-order valence-corrected chi connectivity index (χ3v) is 2.80. The van der Waals surface area contributed by atoms with Crippen molar-refractivity contribution in [1.29, 1.82) is 0 Å². The van der Waals surface area contributed by atoms with E-state index in [0.717, 1.165) is 5.56 Å². The fourth-order valence-corrected chi connectivity index (χ4v) is 1.82. The van der Waals surface area contributed by atoms with E-state index >= 15 is 0 Å². The highest BCUT2D eigenvalue weighted by molar-refractivity contribution is 5.87. The summed E-state index contributed by atoms with van der Waals surface area (Å²) in [5.41, 5.74) is 1.38. The van der Waals surface area contributed by atoms with Gasteiger partial charge in [0.25, 0.3) is 0 Å². The van der Waals surface area contributed by atoms with Gasteiger partial charge >= 0.3 is 0 Å². The number of nitrogens with one attached hydrogen (secondary N) is 2. The second-order valence-corrected chi connectivity index (χ2v) is 4.47. The molecule has 0 spiro atoms. The highest BCUT2D eigenvalue weighted by Gasteiger charge is 2.22. The fourth-order valence-electron chi connectivity index (χ4n) is 1.82. The van der Waals surface area contributed by atoms with Gasteiger partial charge < -0.3 is 10.6 Å². The molecule has 1 aromatic heterocycles. The maximum absolute atomic E-state index is 12.3. The Bertz CT molecular complexity index is 602. The first-order valence-corrected chi connectivity index (χ1v) is 6.51. The SMILES string of the molecule is CC(=O)NC(C(=O)NCc1ccccc1)c1cnccn1. The maximum atomic E-state index is 12.3. The number of aromatic nitrogens is 2. The molecule has 2 rings (SSSR count). The van der Waals surface area contributed by atoms with E-state index in [1.165, 1.54) is 25.5 Å². The third kappa shape index (κ3) is 4.38. The summed E-state index contributed by atoms with van der Waals surface area (Å²) in [5.74, 6) is -0.630. The van der Waals surface area contributed by atoms with E-state index in [2.05, 4.69) is 20.6 Å². The number of hydrogen-bond acceptors (Lipinski definition) is 4. The molecule has 6 heteroatoms. The van der Waals surface area contributed by atoms with E-state index in [1.54, 1.807) is 0 Å². The first-order valence-electron chi connectivity index (χ1n) is 6.51. The Morgan fingerprint density at radius 3 is 2.57 bits per heavy atom. The van der Waals surface area contributed by atoms with E-state index < -0.39 is 6.04 Å². The zero-order valence-corrected chi connectivity index (χ0v) is 11.6. The molecular weight excluding hydrogens is 268 g/mol. The van der Waals surface area contributed by atoms with Crippen molar-refractivity contribution in [3.05, 3.63) is 60.2 Å². The third-order valence-electron chi connectivity index (χ3n) is 2.80. The predicted molar refractivity (Wildman–Crippen MR) is 76.9 cm³/mol. The molecule has 2 N–H and O–H groups in total. The van der Waals surface area contributed by atoms with Crippen LogP contribution in [0.4, 0.5) is 0 Å². The van der Waals surface area contributed by atoms with Gasteiger partial charge in [-0.15, -0.1) is 0 Å². The Morgan fingerprint density at radius 1 is 1.19 bits per heavy atom. The summed E-state index contributed by atoms with van der Waals surface area (Å²) in [4.78, 5) is 31.5. The van der Waals surface area contributed by atoms with Crippen LogP contribution in [0.2, 0.25) is 0 Å². The van der Waals surface area contributed by atoms with E-state index in [4.69, 9.17) is 0 Å². The molecule has 0 radical (unpaired) electrons. The van der Waals surface area contributed by atoms with Crippen LogP contribution in [0.1, 0.15) is 24.2 Å². The molecule has 0 saturated carbocycles. The molecule has 0 aliphatic heterocycles. The Labute approximate surface area is 122 Å². The molecule has 2 aromatic rings. The molecule has 21 heavy (non-hydrogen) atoms. The lowest BCUT2D eigenvalue weighted by molar-refractivity contribution is -0.128. The summed E-state index contributed by atoms with van der Waals surface area (Å²) in [6.07, 6.45) is 4.45. The van der Waals surface area contributed by atoms with Crippen molar-refractivity contribution in [2.24, 2.45) is 0 Å². The quantitative estimate of drug-likeness (QED) is 0.857. The largest absolute Gasteiger partial charge is 0.350 e. The highest BCUT2D eigenvalue weighted by atomic mass is 16.2. The molecule has 0 bridgehead atoms. The smallest absolute Gasteiger partial charge is 0.249 e. The topological polar surface area (TPSA) is 84.0 Å². The van der Waals surface area contributed by atoms with Crippen LogP contribution >= 0.6 is 0 Å². The van der Waals surface area contributed by atoms with Gasteiger partial charge in [0.15, 0.2) is 6.04 Å². The van der Waals surface area contributed by atoms with E-state index in [0.29, 0.717) is 12.2 Å². The van der Waals surface area contributed by atoms with E-state index in [-0.39, 0.29) is 11.8 Å². The molecule has 1 unspecified atom stereocenters. The van der Waals surface area contributed by atoms with Gasteiger partial charge in [0.1, 0.15) is 0 Å². The zero-order valence-electron chi connectivity index (χ0n) is 11.6. The Balaban J connectivity index is 2.06. The molecule has 2 amide bonds. The molecule has 0 fully saturated rings. The molecule has 6 nitrogen and oxygen atoms in total. The second kappa shape index (κ2) is 7.14. The number of carbonyl (C=O) groups excluding carboxylic acids is 2. The number of nitrogens with zero attached hydrogens (tertiary/aromatic N) is 2. The monoisotopic (exact) mass is 284 g/mol. The molecule has 0 aliphatic carbocycles. The van der Waals surface area contributed by atoms with Crippen molar-refractivity contribution >= 4 is 11.8 Å². The molecule has 1 heterocycles. The standard InChI is InChI=1S/C15H16N4O2/c1-11(20)19-14(13-10-16-7-8-17-13)15(21)18-9-12-5-3-2-4-6-12/h2-8,10,14H,9H2,1H3,(H,18,21)(H,19,20). The van der Waals surface area contributed by atoms with Gasteiger partial charge in [-0.2, -0.15) is 0 Å². The number of hydrogen-bond donors (Lipinski definition) is 2. The molecule has 0 aliphatic rings. The average Bonchev–Trinajstić information content (AvgIpc) is 2.52. The summed E-state index contributed by atoms with van der Waals surface area (Å²) in [5, 5.41) is 5.36. The van der Waals surface area contributed by atoms with E-state index in [1.807, 2.05) is 30.3 Å². The maximum Gasteiger partial charge on any atom is 0.249 e. The van der Waals surface area contributed by atoms with Gasteiger partial charge in [-0.25, -0.2) is 0 Å². The Morgan fingerprint density at radius 2 is 1.95 bits per heavy atom. The second-order valence-electron chi connectivity index (χ2n) is 4.47. The average molecular weight is 284 g/mol. The summed E-state index contributed by atoms with van der Waals surface area (Å²) < 4.78 is 0. The molecular formula is C15H16N4O2. The first kappa shape index (κ1) is 14.6. The number of amides is 2. The van der Waals surface area contributed by atoms with Gasteiger partial charge in [-0.3, -0.25) is 19.6 Å². The lowest BCUT2D eigenvalue weighted by Gasteiger charge is -2.16. The van der Waals surface area contributed by atoms with Crippen molar-refractivity contribution in [3.63, 3.8) is 0 Å². The minimum Gasteiger partial charge on any atom is -0.350 e. The van der Waals surface area contributed by atoms with Crippen LogP contribution in [0, 0.1) is 0 Å². The Hall–Kier alpha value is -2.76. The summed E-state index contributed by atoms with van der Waals surface area (Å²) >= 11 is 0. The minimum absolute atomic E-state index is 0.305.